The van der Waals surface area contributed by atoms with Crippen molar-refractivity contribution in [2.45, 2.75) is 17.9 Å². The van der Waals surface area contributed by atoms with Gasteiger partial charge in [0.1, 0.15) is 0 Å². The van der Waals surface area contributed by atoms with Crippen molar-refractivity contribution >= 4 is 21.6 Å². The number of amides is 1. The van der Waals surface area contributed by atoms with Crippen molar-refractivity contribution in [3.63, 3.8) is 0 Å². The number of rotatable bonds is 6. The quantitative estimate of drug-likeness (QED) is 0.551. The number of hydrogen-bond acceptors (Lipinski definition) is 5. The first-order valence-corrected chi connectivity index (χ1v) is 6.99. The van der Waals surface area contributed by atoms with Crippen molar-refractivity contribution in [3.05, 3.63) is 24.3 Å². The van der Waals surface area contributed by atoms with E-state index in [4.69, 9.17) is 10.2 Å². The van der Waals surface area contributed by atoms with Gasteiger partial charge in [-0.1, -0.05) is 0 Å². The molecule has 0 aliphatic heterocycles. The molecule has 0 spiro atoms. The van der Waals surface area contributed by atoms with Crippen LogP contribution >= 0.6 is 0 Å². The van der Waals surface area contributed by atoms with E-state index in [-0.39, 0.29) is 17.3 Å². The molecule has 0 bridgehead atoms. The monoisotopic (exact) mass is 288 g/mol. The molecule has 1 rings (SSSR count). The SMILES string of the molecule is CC(=O)Nc1ccc(S(=O)(=O)NCC(O)CO)cc1. The third kappa shape index (κ3) is 4.95. The Kier molecular flexibility index (Phi) is 5.43. The average Bonchev–Trinajstić information content (AvgIpc) is 2.36. The van der Waals surface area contributed by atoms with Crippen molar-refractivity contribution in [1.29, 1.82) is 0 Å². The van der Waals surface area contributed by atoms with Gasteiger partial charge in [-0.05, 0) is 24.3 Å². The lowest BCUT2D eigenvalue weighted by Gasteiger charge is -2.10. The number of benzene rings is 1. The van der Waals surface area contributed by atoms with E-state index in [9.17, 15) is 13.2 Å². The van der Waals surface area contributed by atoms with Gasteiger partial charge in [-0.2, -0.15) is 0 Å². The zero-order valence-corrected chi connectivity index (χ0v) is 11.1. The van der Waals surface area contributed by atoms with Crippen molar-refractivity contribution < 1.29 is 23.4 Å². The third-order valence-corrected chi connectivity index (χ3v) is 3.64. The number of carbonyl (C=O) groups excluding carboxylic acids is 1. The van der Waals surface area contributed by atoms with Crippen molar-refractivity contribution in [1.82, 2.24) is 4.72 Å². The molecule has 4 N–H and O–H groups in total. The molecule has 7 nitrogen and oxygen atoms in total. The Hall–Kier alpha value is -1.48. The number of hydrogen-bond donors (Lipinski definition) is 4. The molecule has 1 amide bonds. The summed E-state index contributed by atoms with van der Waals surface area (Å²) in [6, 6.07) is 5.58. The molecule has 0 fully saturated rings. The Labute approximate surface area is 111 Å². The van der Waals surface area contributed by atoms with Gasteiger partial charge < -0.3 is 15.5 Å². The van der Waals surface area contributed by atoms with Crippen LogP contribution in [0.2, 0.25) is 0 Å². The Morgan fingerprint density at radius 1 is 1.32 bits per heavy atom. The molecule has 0 saturated carbocycles. The van der Waals surface area contributed by atoms with Crippen LogP contribution in [-0.2, 0) is 14.8 Å². The maximum absolute atomic E-state index is 11.8. The summed E-state index contributed by atoms with van der Waals surface area (Å²) in [5, 5.41) is 20.2. The molecule has 1 aromatic rings. The predicted molar refractivity (Wildman–Crippen MR) is 69.0 cm³/mol. The lowest BCUT2D eigenvalue weighted by Crippen LogP contribution is -2.33. The van der Waals surface area contributed by atoms with Gasteiger partial charge in [-0.15, -0.1) is 0 Å². The van der Waals surface area contributed by atoms with Gasteiger partial charge >= 0.3 is 0 Å². The zero-order chi connectivity index (χ0) is 14.5. The first-order chi connectivity index (χ1) is 8.85. The predicted octanol–water partition coefficient (Wildman–Crippen LogP) is -0.724. The molecule has 106 valence electrons. The first-order valence-electron chi connectivity index (χ1n) is 5.51. The van der Waals surface area contributed by atoms with Gasteiger partial charge in [0, 0.05) is 19.2 Å². The Morgan fingerprint density at radius 3 is 2.37 bits per heavy atom. The molecule has 0 heterocycles. The summed E-state index contributed by atoms with van der Waals surface area (Å²) in [6.07, 6.45) is -1.14. The summed E-state index contributed by atoms with van der Waals surface area (Å²) in [7, 11) is -3.74. The van der Waals surface area contributed by atoms with E-state index in [0.717, 1.165) is 0 Å². The molecule has 0 aliphatic rings. The van der Waals surface area contributed by atoms with Gasteiger partial charge in [0.15, 0.2) is 0 Å². The van der Waals surface area contributed by atoms with Crippen LogP contribution in [0.5, 0.6) is 0 Å². The molecule has 0 aromatic heterocycles. The summed E-state index contributed by atoms with van der Waals surface area (Å²) < 4.78 is 25.8. The van der Waals surface area contributed by atoms with E-state index in [2.05, 4.69) is 10.0 Å². The van der Waals surface area contributed by atoms with E-state index >= 15 is 0 Å². The van der Waals surface area contributed by atoms with Crippen LogP contribution in [0, 0.1) is 0 Å². The standard InChI is InChI=1S/C11H16N2O5S/c1-8(15)13-9-2-4-11(5-3-9)19(17,18)12-6-10(16)7-14/h2-5,10,12,14,16H,6-7H2,1H3,(H,13,15). The fourth-order valence-corrected chi connectivity index (χ4v) is 2.35. The molecule has 0 radical (unpaired) electrons. The highest BCUT2D eigenvalue weighted by Crippen LogP contribution is 2.13. The molecule has 0 aliphatic carbocycles. The van der Waals surface area contributed by atoms with Crippen LogP contribution in [0.4, 0.5) is 5.69 Å². The second-order valence-electron chi connectivity index (χ2n) is 3.89. The van der Waals surface area contributed by atoms with E-state index in [1.165, 1.54) is 31.2 Å². The molecular weight excluding hydrogens is 272 g/mol. The molecule has 1 unspecified atom stereocenters. The van der Waals surface area contributed by atoms with Gasteiger partial charge in [0.25, 0.3) is 0 Å². The van der Waals surface area contributed by atoms with Crippen LogP contribution in [0.15, 0.2) is 29.2 Å². The minimum Gasteiger partial charge on any atom is -0.394 e. The number of aliphatic hydroxyl groups excluding tert-OH is 2. The van der Waals surface area contributed by atoms with E-state index < -0.39 is 22.7 Å². The second-order valence-corrected chi connectivity index (χ2v) is 5.66. The lowest BCUT2D eigenvalue weighted by molar-refractivity contribution is -0.114. The summed E-state index contributed by atoms with van der Waals surface area (Å²) in [4.78, 5) is 10.8. The summed E-state index contributed by atoms with van der Waals surface area (Å²) in [5.74, 6) is -0.250. The number of carbonyl (C=O) groups is 1. The van der Waals surface area contributed by atoms with Gasteiger partial charge in [-0.3, -0.25) is 4.79 Å². The Bertz CT molecular complexity index is 527. The normalized spacial score (nSPS) is 13.0. The number of aliphatic hydroxyl groups is 2. The smallest absolute Gasteiger partial charge is 0.240 e. The number of anilines is 1. The second kappa shape index (κ2) is 6.62. The zero-order valence-electron chi connectivity index (χ0n) is 10.3. The van der Waals surface area contributed by atoms with Gasteiger partial charge in [0.05, 0.1) is 17.6 Å². The summed E-state index contributed by atoms with van der Waals surface area (Å²) in [6.45, 7) is 0.554. The largest absolute Gasteiger partial charge is 0.394 e. The van der Waals surface area contributed by atoms with E-state index in [0.29, 0.717) is 5.69 Å². The fraction of sp³-hybridized carbons (Fsp3) is 0.364. The Morgan fingerprint density at radius 2 is 1.89 bits per heavy atom. The molecule has 8 heteroatoms. The van der Waals surface area contributed by atoms with Crippen LogP contribution < -0.4 is 10.0 Å². The Balaban J connectivity index is 2.76. The highest BCUT2D eigenvalue weighted by Gasteiger charge is 2.15. The molecule has 1 aromatic carbocycles. The lowest BCUT2D eigenvalue weighted by atomic mass is 10.3. The first kappa shape index (κ1) is 15.6. The van der Waals surface area contributed by atoms with Crippen molar-refractivity contribution in [2.24, 2.45) is 0 Å². The van der Waals surface area contributed by atoms with Crippen LogP contribution in [0.25, 0.3) is 0 Å². The fourth-order valence-electron chi connectivity index (χ4n) is 1.27. The maximum Gasteiger partial charge on any atom is 0.240 e. The van der Waals surface area contributed by atoms with E-state index in [1.54, 1.807) is 0 Å². The highest BCUT2D eigenvalue weighted by molar-refractivity contribution is 7.89. The minimum absolute atomic E-state index is 0.00624. The minimum atomic E-state index is -3.74. The van der Waals surface area contributed by atoms with Gasteiger partial charge in [0.2, 0.25) is 15.9 Å². The molecule has 19 heavy (non-hydrogen) atoms. The van der Waals surface area contributed by atoms with Crippen molar-refractivity contribution in [3.8, 4) is 0 Å². The molecule has 0 saturated heterocycles. The summed E-state index contributed by atoms with van der Waals surface area (Å²) >= 11 is 0. The van der Waals surface area contributed by atoms with Crippen LogP contribution in [0.1, 0.15) is 6.92 Å². The molecular formula is C11H16N2O5S. The average molecular weight is 288 g/mol. The van der Waals surface area contributed by atoms with Crippen molar-refractivity contribution in [2.75, 3.05) is 18.5 Å². The van der Waals surface area contributed by atoms with Crippen LogP contribution in [-0.4, -0.2) is 43.8 Å². The highest BCUT2D eigenvalue weighted by atomic mass is 32.2. The van der Waals surface area contributed by atoms with E-state index in [1.807, 2.05) is 0 Å². The third-order valence-electron chi connectivity index (χ3n) is 2.20. The maximum atomic E-state index is 11.8. The number of nitrogens with one attached hydrogen (secondary N) is 2. The van der Waals surface area contributed by atoms with Gasteiger partial charge in [-0.25, -0.2) is 13.1 Å². The topological polar surface area (TPSA) is 116 Å². The van der Waals surface area contributed by atoms with Crippen LogP contribution in [0.3, 0.4) is 0 Å². The number of sulfonamides is 1. The summed E-state index contributed by atoms with van der Waals surface area (Å²) in [5.41, 5.74) is 0.488. The molecule has 1 atom stereocenters.